The zero-order valence-electron chi connectivity index (χ0n) is 14.4. The fraction of sp³-hybridized carbons (Fsp3) is 0.364. The molecule has 120 valence electrons. The molecule has 1 nitrogen and oxygen atoms in total. The molecule has 1 heterocycles. The van der Waals surface area contributed by atoms with Gasteiger partial charge in [0.15, 0.2) is 0 Å². The molecule has 0 radical (unpaired) electrons. The molecule has 0 fully saturated rings. The molecule has 0 bridgehead atoms. The summed E-state index contributed by atoms with van der Waals surface area (Å²) in [6, 6.07) is 17.6. The number of rotatable bonds is 6. The lowest BCUT2D eigenvalue weighted by Gasteiger charge is -2.15. The highest BCUT2D eigenvalue weighted by atomic mass is 16.3. The molecular weight excluding hydrogens is 280 g/mol. The topological polar surface area (TPSA) is 13.1 Å². The normalized spacial score (nSPS) is 12.9. The van der Waals surface area contributed by atoms with Crippen LogP contribution in [0.25, 0.3) is 10.8 Å². The van der Waals surface area contributed by atoms with Gasteiger partial charge in [0.1, 0.15) is 5.76 Å². The first-order valence-electron chi connectivity index (χ1n) is 8.65. The molecule has 0 saturated carbocycles. The third-order valence-electron chi connectivity index (χ3n) is 4.43. The van der Waals surface area contributed by atoms with E-state index < -0.39 is 0 Å². The lowest BCUT2D eigenvalue weighted by Crippen LogP contribution is -2.04. The molecule has 1 unspecified atom stereocenters. The van der Waals surface area contributed by atoms with Crippen molar-refractivity contribution in [3.05, 3.63) is 71.7 Å². The van der Waals surface area contributed by atoms with Crippen molar-refractivity contribution in [1.82, 2.24) is 0 Å². The minimum absolute atomic E-state index is 0.570. The van der Waals surface area contributed by atoms with Gasteiger partial charge in [-0.25, -0.2) is 0 Å². The second kappa shape index (κ2) is 7.04. The molecule has 0 aliphatic rings. The lowest BCUT2D eigenvalue weighted by molar-refractivity contribution is 0.456. The van der Waals surface area contributed by atoms with E-state index in [-0.39, 0.29) is 0 Å². The molecule has 0 saturated heterocycles. The highest BCUT2D eigenvalue weighted by Crippen LogP contribution is 2.27. The maximum atomic E-state index is 5.49. The van der Waals surface area contributed by atoms with E-state index in [9.17, 15) is 0 Å². The zero-order valence-corrected chi connectivity index (χ0v) is 14.4. The Hall–Kier alpha value is -2.02. The van der Waals surface area contributed by atoms with E-state index >= 15 is 0 Å². The monoisotopic (exact) mass is 306 g/mol. The summed E-state index contributed by atoms with van der Waals surface area (Å²) in [6.07, 6.45) is 4.99. The van der Waals surface area contributed by atoms with Gasteiger partial charge in [0, 0.05) is 6.42 Å². The maximum absolute atomic E-state index is 5.49. The van der Waals surface area contributed by atoms with Crippen molar-refractivity contribution in [1.29, 1.82) is 0 Å². The Morgan fingerprint density at radius 1 is 0.739 bits per heavy atom. The molecule has 1 aromatic heterocycles. The third-order valence-corrected chi connectivity index (χ3v) is 4.43. The summed E-state index contributed by atoms with van der Waals surface area (Å²) in [4.78, 5) is 0. The number of benzene rings is 2. The average Bonchev–Trinajstić information content (AvgIpc) is 3.00. The summed E-state index contributed by atoms with van der Waals surface area (Å²) in [7, 11) is 0. The van der Waals surface area contributed by atoms with Gasteiger partial charge in [-0.1, -0.05) is 57.2 Å². The van der Waals surface area contributed by atoms with Crippen molar-refractivity contribution in [3.63, 3.8) is 0 Å². The Morgan fingerprint density at radius 3 is 1.96 bits per heavy atom. The average molecular weight is 306 g/mol. The molecule has 3 rings (SSSR count). The van der Waals surface area contributed by atoms with Crippen LogP contribution in [0.4, 0.5) is 0 Å². The maximum Gasteiger partial charge on any atom is 0.104 e. The van der Waals surface area contributed by atoms with Crippen LogP contribution in [-0.4, -0.2) is 0 Å². The van der Waals surface area contributed by atoms with Crippen LogP contribution in [0.3, 0.4) is 0 Å². The van der Waals surface area contributed by atoms with Crippen molar-refractivity contribution >= 4 is 10.8 Å². The predicted octanol–water partition coefficient (Wildman–Crippen LogP) is 6.05. The number of furan rings is 1. The molecule has 1 heteroatoms. The summed E-state index contributed by atoms with van der Waals surface area (Å²) in [5.74, 6) is 2.33. The molecule has 2 aromatic carbocycles. The van der Waals surface area contributed by atoms with Crippen LogP contribution < -0.4 is 0 Å². The minimum atomic E-state index is 0.570. The van der Waals surface area contributed by atoms with E-state index in [0.29, 0.717) is 11.8 Å². The van der Waals surface area contributed by atoms with Crippen LogP contribution >= 0.6 is 0 Å². The number of hydrogen-bond acceptors (Lipinski definition) is 1. The highest BCUT2D eigenvalue weighted by Gasteiger charge is 2.11. The Labute approximate surface area is 139 Å². The first-order valence-corrected chi connectivity index (χ1v) is 8.65. The van der Waals surface area contributed by atoms with Gasteiger partial charge in [0.2, 0.25) is 0 Å². The van der Waals surface area contributed by atoms with Crippen molar-refractivity contribution in [2.24, 2.45) is 11.8 Å². The molecule has 1 atom stereocenters. The summed E-state index contributed by atoms with van der Waals surface area (Å²) in [6.45, 7) is 6.88. The van der Waals surface area contributed by atoms with Gasteiger partial charge in [-0.2, -0.15) is 0 Å². The van der Waals surface area contributed by atoms with Crippen molar-refractivity contribution in [2.45, 2.75) is 40.0 Å². The fourth-order valence-electron chi connectivity index (χ4n) is 3.46. The van der Waals surface area contributed by atoms with Gasteiger partial charge < -0.3 is 4.42 Å². The van der Waals surface area contributed by atoms with Gasteiger partial charge in [-0.3, -0.25) is 0 Å². The molecule has 0 amide bonds. The quantitative estimate of drug-likeness (QED) is 0.540. The van der Waals surface area contributed by atoms with E-state index in [0.717, 1.165) is 25.0 Å². The molecule has 3 aromatic rings. The lowest BCUT2D eigenvalue weighted by atomic mass is 9.90. The molecule has 23 heavy (non-hydrogen) atoms. The fourth-order valence-corrected chi connectivity index (χ4v) is 3.46. The van der Waals surface area contributed by atoms with Crippen molar-refractivity contribution < 1.29 is 4.42 Å². The summed E-state index contributed by atoms with van der Waals surface area (Å²) < 4.78 is 5.49. The molecule has 0 spiro atoms. The summed E-state index contributed by atoms with van der Waals surface area (Å²) >= 11 is 0. The van der Waals surface area contributed by atoms with Gasteiger partial charge in [-0.15, -0.1) is 0 Å². The third kappa shape index (κ3) is 3.85. The highest BCUT2D eigenvalue weighted by molar-refractivity contribution is 5.88. The zero-order chi connectivity index (χ0) is 16.2. The van der Waals surface area contributed by atoms with Gasteiger partial charge in [0.05, 0.1) is 6.26 Å². The van der Waals surface area contributed by atoms with Gasteiger partial charge >= 0.3 is 0 Å². The Kier molecular flexibility index (Phi) is 4.85. The Bertz CT molecular complexity index is 753. The second-order valence-electron chi connectivity index (χ2n) is 7.12. The van der Waals surface area contributed by atoms with E-state index in [4.69, 9.17) is 4.42 Å². The van der Waals surface area contributed by atoms with E-state index in [1.807, 2.05) is 6.07 Å². The van der Waals surface area contributed by atoms with Crippen LogP contribution in [0.5, 0.6) is 0 Å². The van der Waals surface area contributed by atoms with E-state index in [2.05, 4.69) is 63.2 Å². The predicted molar refractivity (Wildman–Crippen MR) is 97.8 cm³/mol. The van der Waals surface area contributed by atoms with Crippen LogP contribution in [0.1, 0.15) is 37.7 Å². The first kappa shape index (κ1) is 15.9. The SMILES string of the molecule is CC(C)Cc1cccc2c(CC(C)Cc3ccco3)cccc12. The molecule has 0 aliphatic carbocycles. The van der Waals surface area contributed by atoms with Crippen LogP contribution in [0.2, 0.25) is 0 Å². The summed E-state index contributed by atoms with van der Waals surface area (Å²) in [5, 5.41) is 2.83. The first-order chi connectivity index (χ1) is 11.1. The minimum Gasteiger partial charge on any atom is -0.469 e. The van der Waals surface area contributed by atoms with Gasteiger partial charge in [-0.05, 0) is 58.7 Å². The largest absolute Gasteiger partial charge is 0.469 e. The second-order valence-corrected chi connectivity index (χ2v) is 7.12. The molecule has 0 aliphatic heterocycles. The summed E-state index contributed by atoms with van der Waals surface area (Å²) in [5.41, 5.74) is 2.92. The van der Waals surface area contributed by atoms with Crippen LogP contribution in [-0.2, 0) is 19.3 Å². The Balaban J connectivity index is 1.86. The van der Waals surface area contributed by atoms with Crippen LogP contribution in [0, 0.1) is 11.8 Å². The van der Waals surface area contributed by atoms with Crippen LogP contribution in [0.15, 0.2) is 59.2 Å². The molecule has 0 N–H and O–H groups in total. The van der Waals surface area contributed by atoms with E-state index in [1.54, 1.807) is 6.26 Å². The Morgan fingerprint density at radius 2 is 1.39 bits per heavy atom. The number of fused-ring (bicyclic) bond motifs is 1. The van der Waals surface area contributed by atoms with Gasteiger partial charge in [0.25, 0.3) is 0 Å². The molecular formula is C22H26O. The van der Waals surface area contributed by atoms with Crippen molar-refractivity contribution in [2.75, 3.05) is 0 Å². The van der Waals surface area contributed by atoms with Crippen molar-refractivity contribution in [3.8, 4) is 0 Å². The smallest absolute Gasteiger partial charge is 0.104 e. The number of hydrogen-bond donors (Lipinski definition) is 0. The standard InChI is InChI=1S/C22H26O/c1-16(2)13-18-7-4-11-22-19(8-5-10-21(18)22)14-17(3)15-20-9-6-12-23-20/h4-12,16-17H,13-15H2,1-3H3. The van der Waals surface area contributed by atoms with E-state index in [1.165, 1.54) is 21.9 Å².